The van der Waals surface area contributed by atoms with Crippen LogP contribution in [0, 0.1) is 5.41 Å². The second-order valence-electron chi connectivity index (χ2n) is 5.43. The second-order valence-corrected chi connectivity index (χ2v) is 5.43. The summed E-state index contributed by atoms with van der Waals surface area (Å²) in [7, 11) is 0. The summed E-state index contributed by atoms with van der Waals surface area (Å²) in [5.74, 6) is 0. The molecule has 0 aromatic heterocycles. The van der Waals surface area contributed by atoms with Gasteiger partial charge in [0.05, 0.1) is 0 Å². The average molecular weight is 283 g/mol. The highest BCUT2D eigenvalue weighted by Gasteiger charge is 2.37. The Bertz CT molecular complexity index is 192. The maximum atomic E-state index is 3.54. The van der Waals surface area contributed by atoms with Crippen molar-refractivity contribution in [2.75, 3.05) is 26.2 Å². The van der Waals surface area contributed by atoms with E-state index in [1.165, 1.54) is 58.3 Å². The first-order valence-electron chi connectivity index (χ1n) is 6.74. The van der Waals surface area contributed by atoms with E-state index >= 15 is 0 Å². The van der Waals surface area contributed by atoms with Gasteiger partial charge >= 0.3 is 0 Å². The van der Waals surface area contributed by atoms with E-state index in [1.54, 1.807) is 0 Å². The highest BCUT2D eigenvalue weighted by Crippen LogP contribution is 2.37. The first kappa shape index (κ1) is 17.5. The molecule has 0 atom stereocenters. The fraction of sp³-hybridized carbons (Fsp3) is 1.00. The van der Waals surface area contributed by atoms with Crippen LogP contribution in [0.5, 0.6) is 0 Å². The van der Waals surface area contributed by atoms with Crippen molar-refractivity contribution in [2.24, 2.45) is 5.41 Å². The molecule has 0 aromatic carbocycles. The molecular formula is C13H28Cl2N2. The highest BCUT2D eigenvalue weighted by atomic mass is 35.5. The van der Waals surface area contributed by atoms with Gasteiger partial charge in [0.2, 0.25) is 0 Å². The van der Waals surface area contributed by atoms with Gasteiger partial charge < -0.3 is 10.2 Å². The smallest absolute Gasteiger partial charge is 0.00900 e. The van der Waals surface area contributed by atoms with Crippen molar-refractivity contribution in [3.05, 3.63) is 0 Å². The summed E-state index contributed by atoms with van der Waals surface area (Å²) in [6.07, 6.45) is 6.92. The molecule has 17 heavy (non-hydrogen) atoms. The van der Waals surface area contributed by atoms with Crippen LogP contribution in [0.3, 0.4) is 0 Å². The van der Waals surface area contributed by atoms with Crippen LogP contribution in [0.1, 0.15) is 46.0 Å². The van der Waals surface area contributed by atoms with Gasteiger partial charge in [-0.15, -0.1) is 24.8 Å². The van der Waals surface area contributed by atoms with Crippen LogP contribution in [0.4, 0.5) is 0 Å². The van der Waals surface area contributed by atoms with Crippen LogP contribution in [-0.4, -0.2) is 37.1 Å². The number of nitrogens with one attached hydrogen (secondary N) is 1. The minimum absolute atomic E-state index is 0. The van der Waals surface area contributed by atoms with Gasteiger partial charge in [-0.25, -0.2) is 0 Å². The number of hydrogen-bond acceptors (Lipinski definition) is 2. The molecule has 0 amide bonds. The molecule has 2 saturated heterocycles. The number of piperidine rings is 1. The lowest BCUT2D eigenvalue weighted by atomic mass is 9.77. The summed E-state index contributed by atoms with van der Waals surface area (Å²) in [4.78, 5) is 2.73. The molecule has 0 aromatic rings. The summed E-state index contributed by atoms with van der Waals surface area (Å²) in [6, 6.07) is 0.844. The average Bonchev–Trinajstić information content (AvgIpc) is 2.72. The van der Waals surface area contributed by atoms with Crippen molar-refractivity contribution >= 4 is 24.8 Å². The third-order valence-electron chi connectivity index (χ3n) is 4.65. The predicted octanol–water partition coefficient (Wildman–Crippen LogP) is 3.09. The third-order valence-corrected chi connectivity index (χ3v) is 4.65. The van der Waals surface area contributed by atoms with E-state index in [0.29, 0.717) is 5.41 Å². The maximum Gasteiger partial charge on any atom is 0.00900 e. The molecule has 2 fully saturated rings. The number of likely N-dealkylation sites (tertiary alicyclic amines) is 1. The number of rotatable bonds is 3. The summed E-state index contributed by atoms with van der Waals surface area (Å²) in [5, 5.41) is 3.54. The molecule has 1 N–H and O–H groups in total. The summed E-state index contributed by atoms with van der Waals surface area (Å²) < 4.78 is 0. The SMILES string of the molecule is CCC(CC)N1CCC2(CCNC2)CC1.Cl.Cl. The quantitative estimate of drug-likeness (QED) is 0.856. The monoisotopic (exact) mass is 282 g/mol. The Morgan fingerprint density at radius 2 is 1.65 bits per heavy atom. The Morgan fingerprint density at radius 1 is 1.06 bits per heavy atom. The Hall–Kier alpha value is 0.500. The van der Waals surface area contributed by atoms with Crippen molar-refractivity contribution in [3.8, 4) is 0 Å². The molecule has 0 unspecified atom stereocenters. The molecule has 0 radical (unpaired) electrons. The van der Waals surface area contributed by atoms with Crippen LogP contribution in [0.25, 0.3) is 0 Å². The van der Waals surface area contributed by atoms with Gasteiger partial charge in [0, 0.05) is 12.6 Å². The predicted molar refractivity (Wildman–Crippen MR) is 79.6 cm³/mol. The van der Waals surface area contributed by atoms with E-state index in [4.69, 9.17) is 0 Å². The number of nitrogens with zero attached hydrogens (tertiary/aromatic N) is 1. The Morgan fingerprint density at radius 3 is 2.06 bits per heavy atom. The minimum atomic E-state index is 0. The van der Waals surface area contributed by atoms with E-state index in [-0.39, 0.29) is 24.8 Å². The maximum absolute atomic E-state index is 3.54. The molecule has 4 heteroatoms. The molecule has 2 aliphatic heterocycles. The summed E-state index contributed by atoms with van der Waals surface area (Å²) in [5.41, 5.74) is 0.683. The second kappa shape index (κ2) is 7.83. The molecular weight excluding hydrogens is 255 g/mol. The summed E-state index contributed by atoms with van der Waals surface area (Å²) in [6.45, 7) is 9.88. The normalized spacial score (nSPS) is 23.5. The van der Waals surface area contributed by atoms with E-state index in [0.717, 1.165) is 6.04 Å². The van der Waals surface area contributed by atoms with Gasteiger partial charge in [-0.05, 0) is 57.2 Å². The van der Waals surface area contributed by atoms with Crippen molar-refractivity contribution in [2.45, 2.75) is 52.0 Å². The van der Waals surface area contributed by atoms with Crippen molar-refractivity contribution in [3.63, 3.8) is 0 Å². The lowest BCUT2D eigenvalue weighted by Gasteiger charge is -2.42. The van der Waals surface area contributed by atoms with E-state index in [2.05, 4.69) is 24.1 Å². The van der Waals surface area contributed by atoms with E-state index < -0.39 is 0 Å². The van der Waals surface area contributed by atoms with Crippen LogP contribution in [-0.2, 0) is 0 Å². The van der Waals surface area contributed by atoms with Crippen LogP contribution in [0.15, 0.2) is 0 Å². The standard InChI is InChI=1S/C13H26N2.2ClH/c1-3-12(4-2)15-9-6-13(7-10-15)5-8-14-11-13;;/h12,14H,3-11H2,1-2H3;2*1H. The minimum Gasteiger partial charge on any atom is -0.316 e. The van der Waals surface area contributed by atoms with Crippen LogP contribution >= 0.6 is 24.8 Å². The van der Waals surface area contributed by atoms with Crippen LogP contribution in [0.2, 0.25) is 0 Å². The van der Waals surface area contributed by atoms with Gasteiger partial charge in [-0.2, -0.15) is 0 Å². The Balaban J connectivity index is 0.00000128. The highest BCUT2D eigenvalue weighted by molar-refractivity contribution is 5.85. The van der Waals surface area contributed by atoms with Gasteiger partial charge in [0.15, 0.2) is 0 Å². The van der Waals surface area contributed by atoms with Crippen molar-refractivity contribution < 1.29 is 0 Å². The topological polar surface area (TPSA) is 15.3 Å². The molecule has 2 rings (SSSR count). The zero-order valence-corrected chi connectivity index (χ0v) is 12.8. The van der Waals surface area contributed by atoms with Gasteiger partial charge in [0.1, 0.15) is 0 Å². The summed E-state index contributed by atoms with van der Waals surface area (Å²) >= 11 is 0. The van der Waals surface area contributed by atoms with Gasteiger partial charge in [0.25, 0.3) is 0 Å². The lowest BCUT2D eigenvalue weighted by Crippen LogP contribution is -2.45. The molecule has 104 valence electrons. The molecule has 0 saturated carbocycles. The molecule has 0 bridgehead atoms. The van der Waals surface area contributed by atoms with Crippen LogP contribution < -0.4 is 5.32 Å². The number of halogens is 2. The Kier molecular flexibility index (Phi) is 8.06. The van der Waals surface area contributed by atoms with Crippen molar-refractivity contribution in [1.82, 2.24) is 10.2 Å². The van der Waals surface area contributed by atoms with Gasteiger partial charge in [-0.1, -0.05) is 13.8 Å². The number of hydrogen-bond donors (Lipinski definition) is 1. The molecule has 0 aliphatic carbocycles. The van der Waals surface area contributed by atoms with Gasteiger partial charge in [-0.3, -0.25) is 0 Å². The Labute approximate surface area is 119 Å². The first-order valence-corrected chi connectivity index (χ1v) is 6.74. The molecule has 2 nitrogen and oxygen atoms in total. The third kappa shape index (κ3) is 3.99. The fourth-order valence-corrected chi connectivity index (χ4v) is 3.39. The largest absolute Gasteiger partial charge is 0.316 e. The molecule has 2 heterocycles. The fourth-order valence-electron chi connectivity index (χ4n) is 3.39. The molecule has 2 aliphatic rings. The molecule has 1 spiro atoms. The lowest BCUT2D eigenvalue weighted by molar-refractivity contribution is 0.0802. The van der Waals surface area contributed by atoms with E-state index in [1.807, 2.05) is 0 Å². The first-order chi connectivity index (χ1) is 7.29. The zero-order chi connectivity index (χ0) is 10.7. The van der Waals surface area contributed by atoms with Crippen molar-refractivity contribution in [1.29, 1.82) is 0 Å². The van der Waals surface area contributed by atoms with E-state index in [9.17, 15) is 0 Å². The zero-order valence-electron chi connectivity index (χ0n) is 11.2.